The van der Waals surface area contributed by atoms with Gasteiger partial charge in [-0.05, 0) is 69.2 Å². The van der Waals surface area contributed by atoms with Gasteiger partial charge in [0, 0.05) is 25.7 Å². The van der Waals surface area contributed by atoms with Gasteiger partial charge in [-0.25, -0.2) is 9.97 Å². The molecule has 0 amide bonds. The number of aliphatic hydroxyl groups is 2. The van der Waals surface area contributed by atoms with E-state index in [0.717, 1.165) is 22.3 Å². The molecule has 3 aromatic rings. The summed E-state index contributed by atoms with van der Waals surface area (Å²) in [5.74, 6) is -5.06. The Morgan fingerprint density at radius 2 is 1.06 bits per heavy atom. The fourth-order valence-corrected chi connectivity index (χ4v) is 6.45. The number of rotatable bonds is 12. The van der Waals surface area contributed by atoms with Crippen LogP contribution in [0.2, 0.25) is 0 Å². The zero-order chi connectivity index (χ0) is 36.1. The van der Waals surface area contributed by atoms with Crippen molar-refractivity contribution in [1.82, 2.24) is 19.9 Å². The van der Waals surface area contributed by atoms with Crippen LogP contribution in [0, 0.1) is 13.8 Å². The Kier molecular flexibility index (Phi) is 10.7. The summed E-state index contributed by atoms with van der Waals surface area (Å²) >= 11 is 0. The first-order valence-corrected chi connectivity index (χ1v) is 16.1. The minimum absolute atomic E-state index is 0. The zero-order valence-electron chi connectivity index (χ0n) is 28.3. The molecular weight excluding hydrogens is 704 g/mol. The molecule has 3 aliphatic heterocycles. The first-order chi connectivity index (χ1) is 23.6. The number of hydrogen-bond donors (Lipinski definition) is 5. The van der Waals surface area contributed by atoms with Crippen molar-refractivity contribution in [1.29, 1.82) is 0 Å². The standard InChI is InChI=1S/C36H38N4O10.Fe/c1-16-20(5-8-33(42)43)28-13-26-17(2)21(6-9-34(44)45)29(38-26)14-27-18(3)22(7-10-35(46)47)30(39-27)15-31-23(11-32(41)36(48)49-50-36)19(4)25(40-31)12-24(16)37-28;/h12-15,32,41,48H,5-11H2,1-4H3,(H5,37,38,39,40,42,43,44,45,46,47);/q;+2/p-2/t32-;/m1./s1. The van der Waals surface area contributed by atoms with E-state index in [-0.39, 0.29) is 62.0 Å². The maximum atomic E-state index is 11.6. The van der Waals surface area contributed by atoms with Crippen molar-refractivity contribution in [2.45, 2.75) is 84.7 Å². The van der Waals surface area contributed by atoms with Crippen LogP contribution >= 0.6 is 0 Å². The molecule has 0 radical (unpaired) electrons. The number of aryl methyl sites for hydroxylation is 4. The molecule has 1 saturated heterocycles. The monoisotopic (exact) mass is 740 g/mol. The Morgan fingerprint density at radius 3 is 1.53 bits per heavy atom. The second-order valence-electron chi connectivity index (χ2n) is 12.7. The molecule has 0 aromatic carbocycles. The maximum Gasteiger partial charge on any atom is 2.00 e. The minimum atomic E-state index is -2.15. The van der Waals surface area contributed by atoms with E-state index in [2.05, 4.69) is 9.78 Å². The number of carboxylic acid groups (broad SMARTS) is 3. The van der Waals surface area contributed by atoms with Crippen molar-refractivity contribution in [2.24, 2.45) is 0 Å². The summed E-state index contributed by atoms with van der Waals surface area (Å²) in [6.07, 6.45) is -1.42. The van der Waals surface area contributed by atoms with Crippen LogP contribution in [0.15, 0.2) is 24.3 Å². The Balaban J connectivity index is 0.00000504. The summed E-state index contributed by atoms with van der Waals surface area (Å²) in [6, 6.07) is 7.02. The number of aromatic nitrogens is 4. The number of aliphatic carboxylic acids is 3. The Bertz CT molecular complexity index is 2180. The van der Waals surface area contributed by atoms with E-state index in [4.69, 9.17) is 19.9 Å². The van der Waals surface area contributed by atoms with Gasteiger partial charge in [0.2, 0.25) is 0 Å². The van der Waals surface area contributed by atoms with E-state index in [1.165, 1.54) is 0 Å². The molecule has 8 bridgehead atoms. The van der Waals surface area contributed by atoms with Gasteiger partial charge < -0.3 is 35.5 Å². The summed E-state index contributed by atoms with van der Waals surface area (Å²) < 4.78 is 0. The molecule has 3 aromatic heterocycles. The molecule has 6 rings (SSSR count). The van der Waals surface area contributed by atoms with E-state index in [9.17, 15) is 39.9 Å². The summed E-state index contributed by atoms with van der Waals surface area (Å²) in [5, 5.41) is 49.6. The summed E-state index contributed by atoms with van der Waals surface area (Å²) in [5.41, 5.74) is 9.60. The number of fused-ring (bicyclic) bond motifs is 8. The third-order valence-electron chi connectivity index (χ3n) is 9.48. The SMILES string of the molecule is CC1=C(CCC(=O)O)c2cc3[n-]c(cc4nc(cc5[n-]c(cc1n2)c(CCC(=O)O)c5C)C(C)=C4C[C@@H](O)C1(O)OO1)c(CCC(=O)O)c3C.[Fe+2]. The van der Waals surface area contributed by atoms with Crippen molar-refractivity contribution >= 4 is 62.3 Å². The summed E-state index contributed by atoms with van der Waals surface area (Å²) in [4.78, 5) is 63.6. The van der Waals surface area contributed by atoms with E-state index in [1.54, 1.807) is 24.3 Å². The van der Waals surface area contributed by atoms with Gasteiger partial charge in [-0.1, -0.05) is 46.5 Å². The average Bonchev–Trinajstić information content (AvgIpc) is 3.38. The largest absolute Gasteiger partial charge is 2.00 e. The number of aliphatic hydroxyl groups excluding tert-OH is 1. The van der Waals surface area contributed by atoms with Crippen molar-refractivity contribution in [3.05, 3.63) is 69.3 Å². The molecule has 1 atom stereocenters. The zero-order valence-corrected chi connectivity index (χ0v) is 29.4. The Hall–Kier alpha value is -4.63. The number of carbonyl (C=O) groups is 3. The molecule has 6 heterocycles. The number of carboxylic acids is 3. The summed E-state index contributed by atoms with van der Waals surface area (Å²) in [6.45, 7) is 7.35. The predicted molar refractivity (Wildman–Crippen MR) is 180 cm³/mol. The number of nitrogens with zero attached hydrogens (tertiary/aromatic N) is 4. The molecular formula is C36H36FeN4O10. The molecule has 3 aliphatic rings. The van der Waals surface area contributed by atoms with Crippen LogP contribution in [-0.2, 0) is 54.1 Å². The van der Waals surface area contributed by atoms with Gasteiger partial charge in [-0.2, -0.15) is 9.78 Å². The van der Waals surface area contributed by atoms with Gasteiger partial charge in [0.15, 0.2) is 0 Å². The van der Waals surface area contributed by atoms with Crippen LogP contribution in [-0.4, -0.2) is 65.5 Å². The molecule has 5 N–H and O–H groups in total. The Labute approximate surface area is 302 Å². The second kappa shape index (κ2) is 14.5. The third kappa shape index (κ3) is 7.69. The number of allylic oxidation sites excluding steroid dienone is 3. The van der Waals surface area contributed by atoms with Crippen molar-refractivity contribution in [3.8, 4) is 0 Å². The maximum absolute atomic E-state index is 11.6. The fraction of sp³-hybridized carbons (Fsp3) is 0.361. The molecule has 0 saturated carbocycles. The van der Waals surface area contributed by atoms with E-state index in [0.29, 0.717) is 67.1 Å². The van der Waals surface area contributed by atoms with Gasteiger partial charge >= 0.3 is 40.9 Å². The normalized spacial score (nSPS) is 15.5. The molecule has 0 spiro atoms. The average molecular weight is 741 g/mol. The quantitative estimate of drug-likeness (QED) is 0.0990. The van der Waals surface area contributed by atoms with Gasteiger partial charge in [0.1, 0.15) is 6.10 Å². The topological polar surface area (TPSA) is 231 Å². The molecule has 0 aliphatic carbocycles. The molecule has 15 heteroatoms. The van der Waals surface area contributed by atoms with Crippen molar-refractivity contribution in [2.75, 3.05) is 0 Å². The van der Waals surface area contributed by atoms with Gasteiger partial charge in [-0.15, -0.1) is 22.1 Å². The van der Waals surface area contributed by atoms with Crippen molar-refractivity contribution < 1.29 is 66.8 Å². The van der Waals surface area contributed by atoms with Crippen LogP contribution in [0.1, 0.15) is 91.0 Å². The predicted octanol–water partition coefficient (Wildman–Crippen LogP) is 4.31. The van der Waals surface area contributed by atoms with Crippen LogP contribution in [0.3, 0.4) is 0 Å². The van der Waals surface area contributed by atoms with E-state index < -0.39 is 30.0 Å². The number of hydrogen-bond acceptors (Lipinski definition) is 9. The van der Waals surface area contributed by atoms with Crippen molar-refractivity contribution in [3.63, 3.8) is 0 Å². The van der Waals surface area contributed by atoms with Gasteiger partial charge in [0.05, 0.1) is 22.8 Å². The minimum Gasteiger partial charge on any atom is -0.657 e. The third-order valence-corrected chi connectivity index (χ3v) is 9.48. The van der Waals surface area contributed by atoms with Crippen LogP contribution < -0.4 is 9.97 Å². The second-order valence-corrected chi connectivity index (χ2v) is 12.7. The van der Waals surface area contributed by atoms with Gasteiger partial charge in [-0.3, -0.25) is 14.4 Å². The molecule has 51 heavy (non-hydrogen) atoms. The molecule has 1 fully saturated rings. The smallest absolute Gasteiger partial charge is 0.657 e. The molecule has 268 valence electrons. The summed E-state index contributed by atoms with van der Waals surface area (Å²) in [7, 11) is 0. The van der Waals surface area contributed by atoms with Gasteiger partial charge in [0.25, 0.3) is 0 Å². The van der Waals surface area contributed by atoms with Crippen LogP contribution in [0.5, 0.6) is 0 Å². The molecule has 14 nitrogen and oxygen atoms in total. The van der Waals surface area contributed by atoms with Crippen LogP contribution in [0.25, 0.3) is 44.4 Å². The van der Waals surface area contributed by atoms with E-state index >= 15 is 0 Å². The fourth-order valence-electron chi connectivity index (χ4n) is 6.45. The first-order valence-electron chi connectivity index (χ1n) is 16.1. The van der Waals surface area contributed by atoms with E-state index in [1.807, 2.05) is 27.7 Å². The first kappa shape index (κ1) is 37.6. The van der Waals surface area contributed by atoms with Crippen LogP contribution in [0.4, 0.5) is 0 Å². The molecule has 0 unspecified atom stereocenters. The Morgan fingerprint density at radius 1 is 0.667 bits per heavy atom.